The highest BCUT2D eigenvalue weighted by atomic mass is 14.9. The molecule has 1 saturated heterocycles. The molecule has 1 aromatic rings. The van der Waals surface area contributed by atoms with Gasteiger partial charge in [-0.25, -0.2) is 0 Å². The molecule has 1 aromatic carbocycles. The van der Waals surface area contributed by atoms with Gasteiger partial charge in [0.15, 0.2) is 0 Å². The van der Waals surface area contributed by atoms with E-state index in [1.807, 2.05) is 0 Å². The predicted octanol–water partition coefficient (Wildman–Crippen LogP) is 2.91. The highest BCUT2D eigenvalue weighted by molar-refractivity contribution is 5.22. The van der Waals surface area contributed by atoms with Crippen molar-refractivity contribution in [3.05, 3.63) is 35.4 Å². The van der Waals surface area contributed by atoms with E-state index in [1.165, 1.54) is 43.4 Å². The van der Waals surface area contributed by atoms with E-state index in [-0.39, 0.29) is 0 Å². The molecule has 1 heterocycles. The summed E-state index contributed by atoms with van der Waals surface area (Å²) >= 11 is 0. The monoisotopic (exact) mass is 260 g/mol. The molecule has 2 rings (SSSR count). The van der Waals surface area contributed by atoms with Crippen molar-refractivity contribution in [2.24, 2.45) is 0 Å². The molecule has 1 atom stereocenters. The second-order valence-electron chi connectivity index (χ2n) is 5.61. The Morgan fingerprint density at radius 3 is 2.58 bits per heavy atom. The van der Waals surface area contributed by atoms with Crippen LogP contribution in [0.4, 0.5) is 0 Å². The topological polar surface area (TPSA) is 24.1 Å². The molecule has 1 unspecified atom stereocenters. The van der Waals surface area contributed by atoms with E-state index in [9.17, 15) is 0 Å². The van der Waals surface area contributed by atoms with Crippen molar-refractivity contribution in [2.45, 2.75) is 51.5 Å². The average Bonchev–Trinajstić information content (AvgIpc) is 2.49. The molecular formula is C17H28N2. The molecular weight excluding hydrogens is 232 g/mol. The van der Waals surface area contributed by atoms with E-state index in [2.05, 4.69) is 41.8 Å². The van der Waals surface area contributed by atoms with Gasteiger partial charge in [0.2, 0.25) is 0 Å². The van der Waals surface area contributed by atoms with Crippen LogP contribution in [0.15, 0.2) is 24.3 Å². The van der Waals surface area contributed by atoms with Crippen LogP contribution in [0.1, 0.15) is 43.7 Å². The fourth-order valence-corrected chi connectivity index (χ4v) is 2.75. The molecule has 0 aliphatic carbocycles. The van der Waals surface area contributed by atoms with Crippen molar-refractivity contribution in [3.8, 4) is 0 Å². The van der Waals surface area contributed by atoms with E-state index in [1.54, 1.807) is 0 Å². The van der Waals surface area contributed by atoms with Crippen LogP contribution < -0.4 is 10.6 Å². The van der Waals surface area contributed by atoms with Crippen molar-refractivity contribution in [1.29, 1.82) is 0 Å². The van der Waals surface area contributed by atoms with Gasteiger partial charge in [0.1, 0.15) is 0 Å². The number of hydrogen-bond donors (Lipinski definition) is 2. The van der Waals surface area contributed by atoms with Crippen LogP contribution in [0.3, 0.4) is 0 Å². The summed E-state index contributed by atoms with van der Waals surface area (Å²) in [6, 6.07) is 9.79. The first-order valence-corrected chi connectivity index (χ1v) is 7.90. The van der Waals surface area contributed by atoms with E-state index in [0.29, 0.717) is 0 Å². The van der Waals surface area contributed by atoms with E-state index >= 15 is 0 Å². The van der Waals surface area contributed by atoms with Crippen LogP contribution >= 0.6 is 0 Å². The average molecular weight is 260 g/mol. The van der Waals surface area contributed by atoms with Gasteiger partial charge in [-0.05, 0) is 62.9 Å². The van der Waals surface area contributed by atoms with Crippen LogP contribution in [-0.2, 0) is 12.8 Å². The number of piperidine rings is 1. The van der Waals surface area contributed by atoms with Crippen molar-refractivity contribution in [3.63, 3.8) is 0 Å². The minimum atomic E-state index is 0.755. The number of benzene rings is 1. The Labute approximate surface area is 118 Å². The molecule has 0 radical (unpaired) electrons. The maximum Gasteiger partial charge on any atom is 0.00791 e. The third-order valence-corrected chi connectivity index (χ3v) is 4.10. The summed E-state index contributed by atoms with van der Waals surface area (Å²) in [6.07, 6.45) is 7.67. The fraction of sp³-hybridized carbons (Fsp3) is 0.647. The molecule has 0 spiro atoms. The standard InChI is InChI=1S/C17H28N2/c1-2-15-6-8-16(9-7-15)10-13-18-14-11-17-5-3-4-12-19-17/h6-9,17-19H,2-5,10-14H2,1H3. The first kappa shape index (κ1) is 14.5. The fourth-order valence-electron chi connectivity index (χ4n) is 2.75. The number of hydrogen-bond acceptors (Lipinski definition) is 2. The number of nitrogens with one attached hydrogen (secondary N) is 2. The lowest BCUT2D eigenvalue weighted by molar-refractivity contribution is 0.377. The molecule has 1 aliphatic heterocycles. The van der Waals surface area contributed by atoms with Gasteiger partial charge < -0.3 is 10.6 Å². The van der Waals surface area contributed by atoms with Gasteiger partial charge in [-0.1, -0.05) is 37.6 Å². The summed E-state index contributed by atoms with van der Waals surface area (Å²) in [5.41, 5.74) is 2.88. The van der Waals surface area contributed by atoms with Crippen LogP contribution in [0, 0.1) is 0 Å². The minimum absolute atomic E-state index is 0.755. The van der Waals surface area contributed by atoms with Gasteiger partial charge in [-0.2, -0.15) is 0 Å². The Morgan fingerprint density at radius 2 is 1.89 bits per heavy atom. The Bertz CT molecular complexity index is 339. The number of aryl methyl sites for hydroxylation is 1. The lowest BCUT2D eigenvalue weighted by atomic mass is 10.0. The molecule has 0 bridgehead atoms. The van der Waals surface area contributed by atoms with Gasteiger partial charge >= 0.3 is 0 Å². The van der Waals surface area contributed by atoms with Gasteiger partial charge in [-0.3, -0.25) is 0 Å². The highest BCUT2D eigenvalue weighted by Crippen LogP contribution is 2.09. The maximum absolute atomic E-state index is 3.60. The van der Waals surface area contributed by atoms with Crippen LogP contribution in [0.5, 0.6) is 0 Å². The molecule has 0 saturated carbocycles. The molecule has 2 N–H and O–H groups in total. The van der Waals surface area contributed by atoms with Crippen LogP contribution in [0.2, 0.25) is 0 Å². The Morgan fingerprint density at radius 1 is 1.11 bits per heavy atom. The quantitative estimate of drug-likeness (QED) is 0.737. The normalized spacial score (nSPS) is 19.5. The summed E-state index contributed by atoms with van der Waals surface area (Å²) in [5.74, 6) is 0. The second kappa shape index (κ2) is 8.34. The van der Waals surface area contributed by atoms with Crippen molar-refractivity contribution in [2.75, 3.05) is 19.6 Å². The van der Waals surface area contributed by atoms with Gasteiger partial charge in [0.25, 0.3) is 0 Å². The van der Waals surface area contributed by atoms with E-state index in [0.717, 1.165) is 32.0 Å². The third kappa shape index (κ3) is 5.33. The second-order valence-corrected chi connectivity index (χ2v) is 5.61. The summed E-state index contributed by atoms with van der Waals surface area (Å²) in [4.78, 5) is 0. The largest absolute Gasteiger partial charge is 0.316 e. The van der Waals surface area contributed by atoms with Crippen LogP contribution in [0.25, 0.3) is 0 Å². The first-order chi connectivity index (χ1) is 9.38. The molecule has 1 aliphatic rings. The maximum atomic E-state index is 3.60. The SMILES string of the molecule is CCc1ccc(CCNCCC2CCCCN2)cc1. The molecule has 19 heavy (non-hydrogen) atoms. The predicted molar refractivity (Wildman–Crippen MR) is 82.7 cm³/mol. The highest BCUT2D eigenvalue weighted by Gasteiger charge is 2.11. The van der Waals surface area contributed by atoms with E-state index in [4.69, 9.17) is 0 Å². The van der Waals surface area contributed by atoms with Crippen molar-refractivity contribution >= 4 is 0 Å². The zero-order valence-corrected chi connectivity index (χ0v) is 12.3. The first-order valence-electron chi connectivity index (χ1n) is 7.90. The summed E-state index contributed by atoms with van der Waals surface area (Å²) in [6.45, 7) is 5.66. The molecule has 1 fully saturated rings. The summed E-state index contributed by atoms with van der Waals surface area (Å²) in [7, 11) is 0. The van der Waals surface area contributed by atoms with Gasteiger partial charge in [0, 0.05) is 6.04 Å². The minimum Gasteiger partial charge on any atom is -0.316 e. The third-order valence-electron chi connectivity index (χ3n) is 4.10. The lowest BCUT2D eigenvalue weighted by Crippen LogP contribution is -2.36. The molecule has 2 nitrogen and oxygen atoms in total. The van der Waals surface area contributed by atoms with Crippen molar-refractivity contribution < 1.29 is 0 Å². The molecule has 0 amide bonds. The zero-order chi connectivity index (χ0) is 13.3. The Balaban J connectivity index is 1.55. The van der Waals surface area contributed by atoms with Crippen LogP contribution in [-0.4, -0.2) is 25.7 Å². The van der Waals surface area contributed by atoms with Gasteiger partial charge in [0.05, 0.1) is 0 Å². The lowest BCUT2D eigenvalue weighted by Gasteiger charge is -2.23. The van der Waals surface area contributed by atoms with E-state index < -0.39 is 0 Å². The van der Waals surface area contributed by atoms with Crippen molar-refractivity contribution in [1.82, 2.24) is 10.6 Å². The molecule has 0 aromatic heterocycles. The Hall–Kier alpha value is -0.860. The number of rotatable bonds is 7. The van der Waals surface area contributed by atoms with Gasteiger partial charge in [-0.15, -0.1) is 0 Å². The summed E-state index contributed by atoms with van der Waals surface area (Å²) < 4.78 is 0. The molecule has 106 valence electrons. The Kier molecular flexibility index (Phi) is 6.38. The zero-order valence-electron chi connectivity index (χ0n) is 12.3. The molecule has 2 heteroatoms. The summed E-state index contributed by atoms with van der Waals surface area (Å²) in [5, 5.41) is 7.17. The smallest absolute Gasteiger partial charge is 0.00791 e.